The number of rotatable bonds is 21. The highest BCUT2D eigenvalue weighted by Crippen LogP contribution is 2.31. The Morgan fingerprint density at radius 3 is 1.16 bits per heavy atom. The van der Waals surface area contributed by atoms with E-state index in [4.69, 9.17) is 91.9 Å². The number of hydrogen-bond acceptors (Lipinski definition) is 26. The lowest BCUT2D eigenvalue weighted by atomic mass is 9.97. The van der Waals surface area contributed by atoms with Crippen LogP contribution in [0.1, 0.15) is 0 Å². The molecule has 386 valence electrons. The van der Waals surface area contributed by atoms with Crippen LogP contribution in [-0.4, -0.2) is 244 Å². The molecule has 0 spiro atoms. The summed E-state index contributed by atoms with van der Waals surface area (Å²) >= 11 is 0. The van der Waals surface area contributed by atoms with Crippen molar-refractivity contribution in [3.05, 3.63) is 0 Å². The zero-order valence-corrected chi connectivity index (χ0v) is 44.2. The van der Waals surface area contributed by atoms with Crippen LogP contribution in [0.25, 0.3) is 0 Å². The van der Waals surface area contributed by atoms with Crippen LogP contribution in [0.5, 0.6) is 0 Å². The van der Waals surface area contributed by atoms with Crippen molar-refractivity contribution in [2.24, 2.45) is 5.73 Å². The molecule has 0 aliphatic carbocycles. The first-order valence-electron chi connectivity index (χ1n) is 19.2. The van der Waals surface area contributed by atoms with Gasteiger partial charge < -0.3 is 129 Å². The van der Waals surface area contributed by atoms with Crippen molar-refractivity contribution in [2.45, 2.75) is 122 Å². The monoisotopic (exact) mass is 1090 g/mol. The van der Waals surface area contributed by atoms with Gasteiger partial charge in [-0.3, -0.25) is 0 Å². The molecule has 34 heteroatoms. The summed E-state index contributed by atoms with van der Waals surface area (Å²) in [6.45, 7) is 1.98. The minimum atomic E-state index is -1.67. The highest BCUT2D eigenvalue weighted by Gasteiger charge is 2.47. The third-order valence-corrected chi connectivity index (χ3v) is 12.4. The van der Waals surface area contributed by atoms with Gasteiger partial charge in [-0.25, -0.2) is 0 Å². The zero-order chi connectivity index (χ0) is 47.8. The predicted molar refractivity (Wildman–Crippen MR) is 254 cm³/mol. The zero-order valence-electron chi connectivity index (χ0n) is 34.9. The van der Waals surface area contributed by atoms with Crippen LogP contribution in [0.3, 0.4) is 0 Å². The minimum Gasteiger partial charge on any atom is -0.395 e. The SMILES string of the molecule is N.NCC(O)C(OP)C(OP)C1CO1.OC1CNCC(O)C(OP)C1OP.OCC(O)C(O)C(O)C(O)CO.OCC1NCC(O)C(OP)C1OP.POC(C1CO1)C(OP)C1CO1. The number of aliphatic hydroxyl groups excluding tert-OH is 11. The smallest absolute Gasteiger partial charge is 0.118 e. The van der Waals surface area contributed by atoms with Gasteiger partial charge in [-0.2, -0.15) is 0 Å². The topological polar surface area (TPSA) is 419 Å². The predicted octanol–water partition coefficient (Wildman–Crippen LogP) is -6.91. The van der Waals surface area contributed by atoms with Gasteiger partial charge in [-0.1, -0.05) is 0 Å². The molecule has 0 aromatic rings. The fraction of sp³-hybridized carbons (Fsp3) is 1.00. The Balaban J connectivity index is 0.000000773. The third kappa shape index (κ3) is 22.9. The summed E-state index contributed by atoms with van der Waals surface area (Å²) in [5, 5.41) is 105. The van der Waals surface area contributed by atoms with E-state index in [2.05, 4.69) is 86.4 Å². The molecule has 26 nitrogen and oxygen atoms in total. The molecule has 28 atom stereocenters. The second kappa shape index (κ2) is 37.2. The standard InChI is InChI=1S/3C6H15NO4P2.C6H14O6.C6H12O4P2.H3N/c8-2-3-5(10-12)6(11-13)4(9)1-7-3;7-1-3(8)5(10-12)6(11-13)4-2-9-4;8-3-1-7-2-4(9)6(11-13)5(3)10-12;7-1-3(9)5(11)6(12)4(10)2-8;11-9-5(3-1-7-3)6(10-12)4-2-8-4;/h3-9H,1-2,12-13H2;3-6,8H,1-2,7,12-13H2;3-9H,1-2,12-13H2;3-12H,1-2H2;3-6H,1-2,11-12H2;1H3. The Morgan fingerprint density at radius 2 is 0.875 bits per heavy atom. The van der Waals surface area contributed by atoms with E-state index in [-0.39, 0.29) is 68.1 Å². The molecule has 0 amide bonds. The van der Waals surface area contributed by atoms with Crippen molar-refractivity contribution in [3.8, 4) is 0 Å². The van der Waals surface area contributed by atoms with Crippen LogP contribution in [0.15, 0.2) is 0 Å². The number of piperidine rings is 1. The average Bonchev–Trinajstić information content (AvgIpc) is 4.12. The molecular formula is C30H74N4O22P8. The molecule has 0 saturated carbocycles. The molecular weight excluding hydrogens is 1020 g/mol. The molecule has 5 heterocycles. The van der Waals surface area contributed by atoms with E-state index in [9.17, 15) is 20.4 Å². The molecule has 64 heavy (non-hydrogen) atoms. The maximum atomic E-state index is 9.57. The van der Waals surface area contributed by atoms with Gasteiger partial charge in [0, 0.05) is 102 Å². The van der Waals surface area contributed by atoms with Gasteiger partial charge in [-0.15, -0.1) is 0 Å². The maximum absolute atomic E-state index is 9.57. The second-order valence-corrected chi connectivity index (χ2v) is 16.4. The molecule has 5 rings (SSSR count). The Morgan fingerprint density at radius 1 is 0.531 bits per heavy atom. The molecule has 0 bridgehead atoms. The van der Waals surface area contributed by atoms with Gasteiger partial charge in [0.05, 0.1) is 70.1 Å². The van der Waals surface area contributed by atoms with Crippen molar-refractivity contribution < 1.29 is 107 Å². The van der Waals surface area contributed by atoms with E-state index < -0.39 is 86.5 Å². The van der Waals surface area contributed by atoms with Gasteiger partial charge in [0.1, 0.15) is 91.6 Å². The number of aliphatic hydroxyl groups is 11. The Kier molecular flexibility index (Phi) is 38.6. The lowest BCUT2D eigenvalue weighted by Gasteiger charge is -2.38. The summed E-state index contributed by atoms with van der Waals surface area (Å²) in [5.74, 6) is 0. The number of epoxide rings is 3. The quantitative estimate of drug-likeness (QED) is 0.0375. The van der Waals surface area contributed by atoms with Crippen LogP contribution >= 0.6 is 75.7 Å². The first-order valence-corrected chi connectivity index (χ1v) is 23.0. The number of ether oxygens (including phenoxy) is 3. The van der Waals surface area contributed by atoms with Gasteiger partial charge in [-0.05, 0) is 0 Å². The normalized spacial score (nSPS) is 33.5. The van der Waals surface area contributed by atoms with Gasteiger partial charge in [0.25, 0.3) is 0 Å². The number of hydrogen-bond donors (Lipinski definition) is 15. The van der Waals surface area contributed by atoms with E-state index in [1.807, 2.05) is 0 Å². The van der Waals surface area contributed by atoms with E-state index in [0.717, 1.165) is 13.2 Å². The van der Waals surface area contributed by atoms with E-state index in [1.54, 1.807) is 0 Å². The van der Waals surface area contributed by atoms with Crippen LogP contribution in [0.4, 0.5) is 0 Å². The summed E-state index contributed by atoms with van der Waals surface area (Å²) in [7, 11) is 17.1. The fourth-order valence-electron chi connectivity index (χ4n) is 5.90. The van der Waals surface area contributed by atoms with Crippen LogP contribution in [0, 0.1) is 0 Å². The molecule has 0 aromatic carbocycles. The number of nitrogens with two attached hydrogens (primary N) is 1. The first kappa shape index (κ1) is 66.4. The van der Waals surface area contributed by atoms with Crippen molar-refractivity contribution in [2.75, 3.05) is 65.8 Å². The summed E-state index contributed by atoms with van der Waals surface area (Å²) in [6.07, 6.45) is -11.4. The lowest BCUT2D eigenvalue weighted by Crippen LogP contribution is -2.61. The van der Waals surface area contributed by atoms with Crippen molar-refractivity contribution in [1.29, 1.82) is 0 Å². The summed E-state index contributed by atoms with van der Waals surface area (Å²) in [6, 6.07) is -0.202. The first-order chi connectivity index (χ1) is 30.1. The van der Waals surface area contributed by atoms with Crippen molar-refractivity contribution >= 4 is 75.7 Å². The van der Waals surface area contributed by atoms with Gasteiger partial charge in [0.15, 0.2) is 0 Å². The van der Waals surface area contributed by atoms with Crippen molar-refractivity contribution in [3.63, 3.8) is 0 Å². The highest BCUT2D eigenvalue weighted by molar-refractivity contribution is 7.11. The van der Waals surface area contributed by atoms with Crippen LogP contribution < -0.4 is 22.5 Å². The van der Waals surface area contributed by atoms with E-state index in [0.29, 0.717) is 26.2 Å². The molecule has 0 aromatic heterocycles. The molecule has 18 N–H and O–H groups in total. The lowest BCUT2D eigenvalue weighted by molar-refractivity contribution is -0.123. The molecule has 5 aliphatic heterocycles. The number of β-amino-alcohol motifs (C(OH)–C–C–N with tert-alkyl or cyclic N) is 3. The minimum absolute atomic E-state index is 0. The summed E-state index contributed by atoms with van der Waals surface area (Å²) in [4.78, 5) is 0. The summed E-state index contributed by atoms with van der Waals surface area (Å²) < 4.78 is 55.9. The van der Waals surface area contributed by atoms with Gasteiger partial charge >= 0.3 is 0 Å². The molecule has 5 fully saturated rings. The van der Waals surface area contributed by atoms with Gasteiger partial charge in [0.2, 0.25) is 0 Å². The largest absolute Gasteiger partial charge is 0.395 e. The Labute approximate surface area is 391 Å². The van der Waals surface area contributed by atoms with E-state index >= 15 is 0 Å². The fourth-order valence-corrected chi connectivity index (χ4v) is 8.58. The molecule has 5 saturated heterocycles. The molecule has 0 radical (unpaired) electrons. The third-order valence-electron chi connectivity index (χ3n) is 9.89. The van der Waals surface area contributed by atoms with E-state index in [1.165, 1.54) is 0 Å². The van der Waals surface area contributed by atoms with Crippen LogP contribution in [0.2, 0.25) is 0 Å². The summed E-state index contributed by atoms with van der Waals surface area (Å²) in [5.41, 5.74) is 5.32. The van der Waals surface area contributed by atoms with Crippen LogP contribution in [-0.2, 0) is 50.4 Å². The Bertz CT molecular complexity index is 1090. The maximum Gasteiger partial charge on any atom is 0.118 e. The highest BCUT2D eigenvalue weighted by atomic mass is 31.0. The molecule has 5 aliphatic rings. The number of nitrogens with one attached hydrogen (secondary N) is 2. The van der Waals surface area contributed by atoms with Crippen molar-refractivity contribution in [1.82, 2.24) is 16.8 Å². The second-order valence-electron chi connectivity index (χ2n) is 14.3. The Hall–Kier alpha value is 2.40. The molecule has 28 unspecified atom stereocenters. The average molecular weight is 1090 g/mol.